The Labute approximate surface area is 83.4 Å². The van der Waals surface area contributed by atoms with Crippen LogP contribution in [-0.2, 0) is 12.7 Å². The van der Waals surface area contributed by atoms with Crippen molar-refractivity contribution in [2.75, 3.05) is 0 Å². The maximum absolute atomic E-state index is 8.80. The maximum atomic E-state index is 8.80. The number of halogens is 1. The number of fused-ring (bicyclic) bond motifs is 1. The first-order valence-electron chi connectivity index (χ1n) is 4.46. The van der Waals surface area contributed by atoms with Crippen LogP contribution >= 0.6 is 11.6 Å². The van der Waals surface area contributed by atoms with Crippen molar-refractivity contribution in [2.45, 2.75) is 19.1 Å². The van der Waals surface area contributed by atoms with E-state index < -0.39 is 0 Å². The molecule has 1 aliphatic heterocycles. The lowest BCUT2D eigenvalue weighted by atomic mass is 9.42. The monoisotopic (exact) mass is 189 g/mol. The molecule has 1 aromatic rings. The minimum atomic E-state index is 0.202. The summed E-state index contributed by atoms with van der Waals surface area (Å²) in [6, 6.07) is 5.96. The minimum Gasteiger partial charge on any atom is -0.213 e. The zero-order chi connectivity index (χ0) is 9.26. The van der Waals surface area contributed by atoms with Crippen LogP contribution < -0.4 is 0 Å². The van der Waals surface area contributed by atoms with E-state index >= 15 is 0 Å². The molecule has 64 valence electrons. The molecule has 1 aromatic carbocycles. The van der Waals surface area contributed by atoms with E-state index in [9.17, 15) is 0 Å². The van der Waals surface area contributed by atoms with Gasteiger partial charge in [0.25, 0.3) is 6.71 Å². The van der Waals surface area contributed by atoms with Crippen LogP contribution in [0, 0.1) is 11.2 Å². The van der Waals surface area contributed by atoms with Crippen molar-refractivity contribution in [3.8, 4) is 5.97 Å². The Balaban J connectivity index is 2.32. The number of benzene rings is 1. The normalized spacial score (nSPS) is 14.9. The zero-order valence-corrected chi connectivity index (χ0v) is 8.01. The predicted octanol–water partition coefficient (Wildman–Crippen LogP) is 2.54. The highest BCUT2D eigenvalue weighted by Gasteiger charge is 2.21. The topological polar surface area (TPSA) is 23.8 Å². The van der Waals surface area contributed by atoms with E-state index in [-0.39, 0.29) is 6.71 Å². The van der Waals surface area contributed by atoms with Gasteiger partial charge < -0.3 is 0 Å². The second-order valence-corrected chi connectivity index (χ2v) is 3.92. The molecule has 3 heteroatoms. The first-order valence-corrected chi connectivity index (χ1v) is 4.84. The van der Waals surface area contributed by atoms with Crippen molar-refractivity contribution >= 4 is 18.3 Å². The molecule has 2 rings (SSSR count). The second-order valence-electron chi connectivity index (χ2n) is 3.48. The zero-order valence-electron chi connectivity index (χ0n) is 7.26. The van der Waals surface area contributed by atoms with Gasteiger partial charge in [0.05, 0.1) is 0 Å². The molecule has 1 nitrogen and oxygen atoms in total. The summed E-state index contributed by atoms with van der Waals surface area (Å²) in [6.45, 7) is 0.202. The molecule has 0 radical (unpaired) electrons. The van der Waals surface area contributed by atoms with Crippen LogP contribution in [0.1, 0.15) is 11.1 Å². The largest absolute Gasteiger partial charge is 0.272 e. The molecule has 0 saturated heterocycles. The van der Waals surface area contributed by atoms with Crippen LogP contribution in [0.2, 0.25) is 11.3 Å². The summed E-state index contributed by atoms with van der Waals surface area (Å²) >= 11 is 5.88. The minimum absolute atomic E-state index is 0.202. The van der Waals surface area contributed by atoms with Crippen molar-refractivity contribution in [3.05, 3.63) is 34.3 Å². The Bertz CT molecular complexity index is 370. The van der Waals surface area contributed by atoms with Crippen LogP contribution in [0.3, 0.4) is 0 Å². The van der Waals surface area contributed by atoms with Gasteiger partial charge in [-0.05, 0) is 30.4 Å². The van der Waals surface area contributed by atoms with Crippen molar-refractivity contribution in [2.24, 2.45) is 0 Å². The molecular formula is C10H9BClN. The van der Waals surface area contributed by atoms with Crippen molar-refractivity contribution < 1.29 is 0 Å². The molecular weight excluding hydrogens is 180 g/mol. The summed E-state index contributed by atoms with van der Waals surface area (Å²) in [7, 11) is 0. The fourth-order valence-corrected chi connectivity index (χ4v) is 2.03. The summed E-state index contributed by atoms with van der Waals surface area (Å²) in [5.74, 6) is 2.33. The highest BCUT2D eigenvalue weighted by molar-refractivity contribution is 6.66. The van der Waals surface area contributed by atoms with E-state index in [0.717, 1.165) is 24.1 Å². The van der Waals surface area contributed by atoms with Gasteiger partial charge in [-0.1, -0.05) is 29.6 Å². The third-order valence-corrected chi connectivity index (χ3v) is 2.81. The Kier molecular flexibility index (Phi) is 2.29. The smallest absolute Gasteiger partial charge is 0.213 e. The highest BCUT2D eigenvalue weighted by Crippen LogP contribution is 2.24. The summed E-state index contributed by atoms with van der Waals surface area (Å²) in [4.78, 5) is 0. The number of nitrogens with zero attached hydrogens (tertiary/aromatic N) is 1. The van der Waals surface area contributed by atoms with Crippen LogP contribution in [0.4, 0.5) is 0 Å². The maximum Gasteiger partial charge on any atom is 0.272 e. The highest BCUT2D eigenvalue weighted by atomic mass is 35.5. The van der Waals surface area contributed by atoms with Crippen LogP contribution in [0.15, 0.2) is 18.2 Å². The third kappa shape index (κ3) is 1.71. The lowest BCUT2D eigenvalue weighted by molar-refractivity contribution is 1.03. The van der Waals surface area contributed by atoms with Crippen LogP contribution in [0.25, 0.3) is 0 Å². The summed E-state index contributed by atoms with van der Waals surface area (Å²) < 4.78 is 0. The van der Waals surface area contributed by atoms with Gasteiger partial charge in [0.15, 0.2) is 0 Å². The van der Waals surface area contributed by atoms with E-state index in [4.69, 9.17) is 16.9 Å². The Morgan fingerprint density at radius 1 is 1.38 bits per heavy atom. The molecule has 0 atom stereocenters. The number of nitriles is 1. The van der Waals surface area contributed by atoms with Gasteiger partial charge in [-0.3, -0.25) is 0 Å². The van der Waals surface area contributed by atoms with E-state index in [1.807, 2.05) is 18.2 Å². The van der Waals surface area contributed by atoms with Gasteiger partial charge in [-0.15, -0.1) is 0 Å². The number of hydrogen-bond donors (Lipinski definition) is 0. The van der Waals surface area contributed by atoms with Gasteiger partial charge in [0, 0.05) is 11.0 Å². The quantitative estimate of drug-likeness (QED) is 0.576. The molecule has 0 spiro atoms. The van der Waals surface area contributed by atoms with Gasteiger partial charge in [-0.2, -0.15) is 0 Å². The van der Waals surface area contributed by atoms with Crippen molar-refractivity contribution in [3.63, 3.8) is 0 Å². The van der Waals surface area contributed by atoms with Gasteiger partial charge in [0.1, 0.15) is 0 Å². The lowest BCUT2D eigenvalue weighted by Gasteiger charge is -2.17. The number of rotatable bonds is 0. The fourth-order valence-electron chi connectivity index (χ4n) is 1.83. The molecule has 0 fully saturated rings. The van der Waals surface area contributed by atoms with Gasteiger partial charge in [-0.25, -0.2) is 5.26 Å². The van der Waals surface area contributed by atoms with Crippen molar-refractivity contribution in [1.82, 2.24) is 0 Å². The SMILES string of the molecule is N#CB1CCc2cc(Cl)ccc2C1. The Morgan fingerprint density at radius 2 is 2.23 bits per heavy atom. The van der Waals surface area contributed by atoms with E-state index in [2.05, 4.69) is 5.97 Å². The molecule has 0 aromatic heterocycles. The summed E-state index contributed by atoms with van der Waals surface area (Å²) in [6.07, 6.45) is 2.86. The van der Waals surface area contributed by atoms with E-state index in [1.54, 1.807) is 0 Å². The standard InChI is InChI=1S/C10H9BClN/c12-10-2-1-9-6-11(7-13)4-3-8(9)5-10/h1-2,5H,3-4,6H2. The third-order valence-electron chi connectivity index (χ3n) is 2.58. The van der Waals surface area contributed by atoms with Crippen LogP contribution in [0.5, 0.6) is 0 Å². The van der Waals surface area contributed by atoms with Gasteiger partial charge >= 0.3 is 0 Å². The second kappa shape index (κ2) is 3.43. The first-order chi connectivity index (χ1) is 6.29. The lowest BCUT2D eigenvalue weighted by Crippen LogP contribution is -2.21. The summed E-state index contributed by atoms with van der Waals surface area (Å²) in [5.41, 5.74) is 2.61. The molecule has 1 heterocycles. The van der Waals surface area contributed by atoms with Crippen molar-refractivity contribution in [1.29, 1.82) is 5.26 Å². The van der Waals surface area contributed by atoms with Gasteiger partial charge in [0.2, 0.25) is 0 Å². The fraction of sp³-hybridized carbons (Fsp3) is 0.300. The molecule has 0 amide bonds. The predicted molar refractivity (Wildman–Crippen MR) is 55.0 cm³/mol. The first kappa shape index (κ1) is 8.65. The average Bonchev–Trinajstić information content (AvgIpc) is 2.17. The average molecular weight is 189 g/mol. The molecule has 0 bridgehead atoms. The molecule has 0 aliphatic carbocycles. The molecule has 1 aliphatic rings. The molecule has 0 N–H and O–H groups in total. The van der Waals surface area contributed by atoms with Crippen LogP contribution in [-0.4, -0.2) is 6.71 Å². The Morgan fingerprint density at radius 3 is 3.00 bits per heavy atom. The van der Waals surface area contributed by atoms with E-state index in [0.29, 0.717) is 0 Å². The molecule has 0 unspecified atom stereocenters. The number of aryl methyl sites for hydroxylation is 1. The van der Waals surface area contributed by atoms with E-state index in [1.165, 1.54) is 11.1 Å². The Hall–Kier alpha value is -0.935. The number of hydrogen-bond acceptors (Lipinski definition) is 1. The summed E-state index contributed by atoms with van der Waals surface area (Å²) in [5, 5.41) is 9.60. The molecule has 0 saturated carbocycles. The molecule has 13 heavy (non-hydrogen) atoms.